The van der Waals surface area contributed by atoms with Gasteiger partial charge in [-0.25, -0.2) is 13.1 Å². The van der Waals surface area contributed by atoms with Crippen LogP contribution in [0.25, 0.3) is 0 Å². The molecule has 0 spiro atoms. The SMILES string of the molecule is CC(C)COc1ccc(S(=O)(=O)NC2CCCCNC2)cc1. The molecule has 0 aromatic heterocycles. The monoisotopic (exact) mass is 326 g/mol. The molecule has 124 valence electrons. The topological polar surface area (TPSA) is 67.4 Å². The van der Waals surface area contributed by atoms with Crippen LogP contribution < -0.4 is 14.8 Å². The highest BCUT2D eigenvalue weighted by Gasteiger charge is 2.21. The lowest BCUT2D eigenvalue weighted by Crippen LogP contribution is -2.40. The van der Waals surface area contributed by atoms with E-state index in [1.165, 1.54) is 0 Å². The molecule has 1 saturated heterocycles. The van der Waals surface area contributed by atoms with Crippen molar-refractivity contribution in [3.63, 3.8) is 0 Å². The van der Waals surface area contributed by atoms with Crippen molar-refractivity contribution in [2.45, 2.75) is 44.0 Å². The van der Waals surface area contributed by atoms with Crippen LogP contribution in [0.4, 0.5) is 0 Å². The van der Waals surface area contributed by atoms with Crippen LogP contribution in [0, 0.1) is 5.92 Å². The highest BCUT2D eigenvalue weighted by atomic mass is 32.2. The first-order valence-electron chi connectivity index (χ1n) is 7.93. The van der Waals surface area contributed by atoms with Crippen LogP contribution in [0.1, 0.15) is 33.1 Å². The first kappa shape index (κ1) is 17.2. The molecule has 0 aliphatic carbocycles. The summed E-state index contributed by atoms with van der Waals surface area (Å²) in [7, 11) is -3.47. The van der Waals surface area contributed by atoms with Gasteiger partial charge >= 0.3 is 0 Å². The molecule has 2 rings (SSSR count). The number of benzene rings is 1. The minimum Gasteiger partial charge on any atom is -0.493 e. The third-order valence-electron chi connectivity index (χ3n) is 3.59. The molecule has 1 aliphatic heterocycles. The van der Waals surface area contributed by atoms with Gasteiger partial charge in [-0.15, -0.1) is 0 Å². The van der Waals surface area contributed by atoms with Crippen molar-refractivity contribution < 1.29 is 13.2 Å². The van der Waals surface area contributed by atoms with E-state index in [4.69, 9.17) is 4.74 Å². The van der Waals surface area contributed by atoms with Crippen LogP contribution in [0.15, 0.2) is 29.2 Å². The molecule has 1 aromatic carbocycles. The molecule has 2 N–H and O–H groups in total. The van der Waals surface area contributed by atoms with E-state index in [2.05, 4.69) is 23.9 Å². The first-order chi connectivity index (χ1) is 10.5. The van der Waals surface area contributed by atoms with E-state index >= 15 is 0 Å². The number of ether oxygens (including phenoxy) is 1. The van der Waals surface area contributed by atoms with Crippen molar-refractivity contribution in [1.29, 1.82) is 0 Å². The molecular formula is C16H26N2O3S. The molecule has 0 bridgehead atoms. The fraction of sp³-hybridized carbons (Fsp3) is 0.625. The van der Waals surface area contributed by atoms with Gasteiger partial charge in [0.1, 0.15) is 5.75 Å². The Labute approximate surface area is 133 Å². The fourth-order valence-corrected chi connectivity index (χ4v) is 3.66. The van der Waals surface area contributed by atoms with Gasteiger partial charge in [-0.1, -0.05) is 20.3 Å². The van der Waals surface area contributed by atoms with Gasteiger partial charge in [0, 0.05) is 12.6 Å². The Morgan fingerprint density at radius 2 is 2.00 bits per heavy atom. The molecule has 5 nitrogen and oxygen atoms in total. The smallest absolute Gasteiger partial charge is 0.240 e. The van der Waals surface area contributed by atoms with Crippen molar-refractivity contribution in [3.8, 4) is 5.75 Å². The molecule has 1 aliphatic rings. The van der Waals surface area contributed by atoms with Crippen LogP contribution in [0.5, 0.6) is 5.75 Å². The van der Waals surface area contributed by atoms with Gasteiger partial charge in [0.2, 0.25) is 10.0 Å². The van der Waals surface area contributed by atoms with E-state index < -0.39 is 10.0 Å². The molecule has 1 unspecified atom stereocenters. The minimum absolute atomic E-state index is 0.0376. The van der Waals surface area contributed by atoms with Crippen molar-refractivity contribution in [3.05, 3.63) is 24.3 Å². The van der Waals surface area contributed by atoms with Crippen LogP contribution in [0.3, 0.4) is 0 Å². The van der Waals surface area contributed by atoms with E-state index in [-0.39, 0.29) is 10.9 Å². The van der Waals surface area contributed by atoms with E-state index in [1.54, 1.807) is 24.3 Å². The highest BCUT2D eigenvalue weighted by Crippen LogP contribution is 2.17. The summed E-state index contributed by atoms with van der Waals surface area (Å²) in [4.78, 5) is 0.286. The molecule has 0 saturated carbocycles. The Morgan fingerprint density at radius 3 is 2.68 bits per heavy atom. The summed E-state index contributed by atoms with van der Waals surface area (Å²) in [5, 5.41) is 3.26. The fourth-order valence-electron chi connectivity index (χ4n) is 2.39. The van der Waals surface area contributed by atoms with Crippen LogP contribution in [-0.4, -0.2) is 34.2 Å². The maximum absolute atomic E-state index is 12.4. The van der Waals surface area contributed by atoms with Gasteiger partial charge in [-0.3, -0.25) is 0 Å². The van der Waals surface area contributed by atoms with E-state index in [1.807, 2.05) is 0 Å². The average Bonchev–Trinajstić information content (AvgIpc) is 2.73. The number of rotatable bonds is 6. The van der Waals surface area contributed by atoms with Gasteiger partial charge in [0.25, 0.3) is 0 Å². The number of nitrogens with one attached hydrogen (secondary N) is 2. The number of sulfonamides is 1. The van der Waals surface area contributed by atoms with E-state index in [0.717, 1.165) is 25.8 Å². The molecule has 22 heavy (non-hydrogen) atoms. The molecule has 0 radical (unpaired) electrons. The van der Waals surface area contributed by atoms with Gasteiger partial charge in [0.05, 0.1) is 11.5 Å². The number of hydrogen-bond acceptors (Lipinski definition) is 4. The van der Waals surface area contributed by atoms with Crippen LogP contribution >= 0.6 is 0 Å². The lowest BCUT2D eigenvalue weighted by Gasteiger charge is -2.16. The van der Waals surface area contributed by atoms with E-state index in [0.29, 0.717) is 24.8 Å². The van der Waals surface area contributed by atoms with Crippen molar-refractivity contribution in [2.24, 2.45) is 5.92 Å². The van der Waals surface area contributed by atoms with Gasteiger partial charge in [-0.2, -0.15) is 0 Å². The Bertz CT molecular complexity index is 547. The Balaban J connectivity index is 1.99. The lowest BCUT2D eigenvalue weighted by atomic mass is 10.2. The quantitative estimate of drug-likeness (QED) is 0.840. The zero-order chi connectivity index (χ0) is 16.0. The summed E-state index contributed by atoms with van der Waals surface area (Å²) < 4.78 is 33.2. The standard InChI is InChI=1S/C16H26N2O3S/c1-13(2)12-21-15-6-8-16(9-7-15)22(19,20)18-14-5-3-4-10-17-11-14/h6-9,13-14,17-18H,3-5,10-12H2,1-2H3. The maximum atomic E-state index is 12.4. The average molecular weight is 326 g/mol. The molecule has 6 heteroatoms. The minimum atomic E-state index is -3.47. The summed E-state index contributed by atoms with van der Waals surface area (Å²) in [5.74, 6) is 1.14. The van der Waals surface area contributed by atoms with Gasteiger partial charge in [-0.05, 0) is 49.6 Å². The van der Waals surface area contributed by atoms with Crippen LogP contribution in [-0.2, 0) is 10.0 Å². The van der Waals surface area contributed by atoms with Gasteiger partial charge in [0.15, 0.2) is 0 Å². The summed E-state index contributed by atoms with van der Waals surface area (Å²) in [6.07, 6.45) is 3.02. The van der Waals surface area contributed by atoms with Crippen molar-refractivity contribution in [2.75, 3.05) is 19.7 Å². The van der Waals surface area contributed by atoms with E-state index in [9.17, 15) is 8.42 Å². The van der Waals surface area contributed by atoms with Gasteiger partial charge < -0.3 is 10.1 Å². The molecule has 1 heterocycles. The normalized spacial score (nSPS) is 19.9. The summed E-state index contributed by atoms with van der Waals surface area (Å²) in [5.41, 5.74) is 0. The molecular weight excluding hydrogens is 300 g/mol. The lowest BCUT2D eigenvalue weighted by molar-refractivity contribution is 0.271. The molecule has 0 amide bonds. The first-order valence-corrected chi connectivity index (χ1v) is 9.41. The zero-order valence-electron chi connectivity index (χ0n) is 13.3. The Kier molecular flexibility index (Phi) is 6.23. The predicted octanol–water partition coefficient (Wildman–Crippen LogP) is 2.14. The molecule has 1 fully saturated rings. The largest absolute Gasteiger partial charge is 0.493 e. The molecule has 1 atom stereocenters. The second kappa shape index (κ2) is 7.94. The van der Waals surface area contributed by atoms with Crippen molar-refractivity contribution in [1.82, 2.24) is 10.0 Å². The Hall–Kier alpha value is -1.11. The third-order valence-corrected chi connectivity index (χ3v) is 5.12. The summed E-state index contributed by atoms with van der Waals surface area (Å²) in [6.45, 7) is 6.42. The Morgan fingerprint density at radius 1 is 1.27 bits per heavy atom. The highest BCUT2D eigenvalue weighted by molar-refractivity contribution is 7.89. The van der Waals surface area contributed by atoms with Crippen molar-refractivity contribution >= 4 is 10.0 Å². The summed E-state index contributed by atoms with van der Waals surface area (Å²) in [6, 6.07) is 6.58. The second-order valence-corrected chi connectivity index (χ2v) is 7.91. The number of hydrogen-bond donors (Lipinski definition) is 2. The van der Waals surface area contributed by atoms with Crippen LogP contribution in [0.2, 0.25) is 0 Å². The summed E-state index contributed by atoms with van der Waals surface area (Å²) >= 11 is 0. The predicted molar refractivity (Wildman–Crippen MR) is 87.6 cm³/mol. The maximum Gasteiger partial charge on any atom is 0.240 e. The second-order valence-electron chi connectivity index (χ2n) is 6.19. The molecule has 1 aromatic rings. The third kappa shape index (κ3) is 5.26. The zero-order valence-corrected chi connectivity index (χ0v) is 14.2.